The molecule has 0 bridgehead atoms. The van der Waals surface area contributed by atoms with E-state index in [4.69, 9.17) is 9.47 Å². The maximum Gasteiger partial charge on any atom is 0.101 e. The molecule has 1 N–H and O–H groups in total. The highest BCUT2D eigenvalue weighted by Crippen LogP contribution is 2.29. The van der Waals surface area contributed by atoms with Gasteiger partial charge in [0.25, 0.3) is 0 Å². The second-order valence-corrected chi connectivity index (χ2v) is 5.71. The Hall–Kier alpha value is -1.63. The second-order valence-electron chi connectivity index (χ2n) is 5.71. The maximum absolute atomic E-state index is 5.92. The van der Waals surface area contributed by atoms with Gasteiger partial charge in [0.2, 0.25) is 0 Å². The SMILES string of the molecule is COCCn1cc([C@H]2OCC[C@@H]2NCc2cccn2C)cn1. The Morgan fingerprint density at radius 3 is 3.18 bits per heavy atom. The number of aryl methyl sites for hydroxylation is 1. The van der Waals surface area contributed by atoms with Crippen LogP contribution < -0.4 is 5.32 Å². The molecule has 0 radical (unpaired) electrons. The van der Waals surface area contributed by atoms with E-state index < -0.39 is 0 Å². The summed E-state index contributed by atoms with van der Waals surface area (Å²) in [5.74, 6) is 0. The van der Waals surface area contributed by atoms with Gasteiger partial charge in [0.05, 0.1) is 19.3 Å². The Labute approximate surface area is 131 Å². The van der Waals surface area contributed by atoms with Crippen LogP contribution in [0.3, 0.4) is 0 Å². The highest BCUT2D eigenvalue weighted by atomic mass is 16.5. The zero-order valence-electron chi connectivity index (χ0n) is 13.2. The normalized spacial score (nSPS) is 21.5. The van der Waals surface area contributed by atoms with E-state index in [2.05, 4.69) is 46.6 Å². The summed E-state index contributed by atoms with van der Waals surface area (Å²) in [6, 6.07) is 4.54. The lowest BCUT2D eigenvalue weighted by Crippen LogP contribution is -2.31. The summed E-state index contributed by atoms with van der Waals surface area (Å²) < 4.78 is 15.1. The first-order valence-electron chi connectivity index (χ1n) is 7.74. The van der Waals surface area contributed by atoms with Gasteiger partial charge >= 0.3 is 0 Å². The number of hydrogen-bond donors (Lipinski definition) is 1. The van der Waals surface area contributed by atoms with E-state index in [1.165, 1.54) is 5.69 Å². The van der Waals surface area contributed by atoms with E-state index in [1.807, 2.05) is 10.9 Å². The van der Waals surface area contributed by atoms with Gasteiger partial charge in [0.1, 0.15) is 6.10 Å². The Kier molecular flexibility index (Phi) is 4.92. The third kappa shape index (κ3) is 3.40. The van der Waals surface area contributed by atoms with Crippen LogP contribution >= 0.6 is 0 Å². The van der Waals surface area contributed by atoms with E-state index >= 15 is 0 Å². The first-order valence-corrected chi connectivity index (χ1v) is 7.74. The van der Waals surface area contributed by atoms with Crippen molar-refractivity contribution in [1.82, 2.24) is 19.7 Å². The van der Waals surface area contributed by atoms with Crippen LogP contribution in [0.5, 0.6) is 0 Å². The number of nitrogens with zero attached hydrogens (tertiary/aromatic N) is 3. The quantitative estimate of drug-likeness (QED) is 0.842. The minimum absolute atomic E-state index is 0.0802. The molecule has 0 saturated carbocycles. The number of rotatable bonds is 7. The van der Waals surface area contributed by atoms with Crippen LogP contribution in [-0.4, -0.2) is 40.7 Å². The first-order chi connectivity index (χ1) is 10.8. The summed E-state index contributed by atoms with van der Waals surface area (Å²) in [6.45, 7) is 3.08. The van der Waals surface area contributed by atoms with E-state index in [0.717, 1.165) is 31.7 Å². The standard InChI is InChI=1S/C16H24N4O2/c1-19-6-3-4-14(19)11-17-15-5-8-22-16(15)13-10-18-20(12-13)7-9-21-2/h3-4,6,10,12,15-17H,5,7-9,11H2,1-2H3/t15-,16+/m0/s1. The summed E-state index contributed by atoms with van der Waals surface area (Å²) in [5.41, 5.74) is 2.42. The fraction of sp³-hybridized carbons (Fsp3) is 0.562. The summed E-state index contributed by atoms with van der Waals surface area (Å²) in [5, 5.41) is 8.00. The van der Waals surface area contributed by atoms with Crippen LogP contribution in [0, 0.1) is 0 Å². The largest absolute Gasteiger partial charge is 0.383 e. The molecule has 1 saturated heterocycles. The number of nitrogens with one attached hydrogen (secondary N) is 1. The number of aromatic nitrogens is 3. The van der Waals surface area contributed by atoms with E-state index in [-0.39, 0.29) is 6.10 Å². The fourth-order valence-corrected chi connectivity index (χ4v) is 2.88. The molecule has 1 aliphatic rings. The molecule has 2 aromatic heterocycles. The molecule has 6 heteroatoms. The molecule has 1 aliphatic heterocycles. The summed E-state index contributed by atoms with van der Waals surface area (Å²) >= 11 is 0. The van der Waals surface area contributed by atoms with Crippen LogP contribution in [0.25, 0.3) is 0 Å². The van der Waals surface area contributed by atoms with Gasteiger partial charge in [-0.15, -0.1) is 0 Å². The van der Waals surface area contributed by atoms with Gasteiger partial charge in [0.15, 0.2) is 0 Å². The van der Waals surface area contributed by atoms with E-state index in [0.29, 0.717) is 12.6 Å². The van der Waals surface area contributed by atoms with Gasteiger partial charge in [-0.2, -0.15) is 5.10 Å². The van der Waals surface area contributed by atoms with Crippen LogP contribution in [0.4, 0.5) is 0 Å². The molecule has 2 aromatic rings. The third-order valence-corrected chi connectivity index (χ3v) is 4.19. The molecular weight excluding hydrogens is 280 g/mol. The minimum Gasteiger partial charge on any atom is -0.383 e. The smallest absolute Gasteiger partial charge is 0.101 e. The zero-order valence-corrected chi connectivity index (χ0v) is 13.2. The molecule has 0 amide bonds. The highest BCUT2D eigenvalue weighted by molar-refractivity contribution is 5.13. The number of methoxy groups -OCH3 is 1. The molecule has 0 spiro atoms. The molecule has 3 rings (SSSR count). The molecule has 22 heavy (non-hydrogen) atoms. The summed E-state index contributed by atoms with van der Waals surface area (Å²) in [6.07, 6.45) is 7.14. The summed E-state index contributed by atoms with van der Waals surface area (Å²) in [7, 11) is 3.77. The van der Waals surface area contributed by atoms with Crippen molar-refractivity contribution >= 4 is 0 Å². The van der Waals surface area contributed by atoms with Gasteiger partial charge in [-0.25, -0.2) is 0 Å². The highest BCUT2D eigenvalue weighted by Gasteiger charge is 2.30. The van der Waals surface area contributed by atoms with Gasteiger partial charge in [-0.05, 0) is 18.6 Å². The topological polar surface area (TPSA) is 53.2 Å². The van der Waals surface area contributed by atoms with Crippen LogP contribution in [0.2, 0.25) is 0 Å². The Bertz CT molecular complexity index is 592. The zero-order chi connectivity index (χ0) is 15.4. The maximum atomic E-state index is 5.92. The van der Waals surface area contributed by atoms with Gasteiger partial charge < -0.3 is 19.4 Å². The van der Waals surface area contributed by atoms with Crippen LogP contribution in [0.15, 0.2) is 30.7 Å². The number of hydrogen-bond acceptors (Lipinski definition) is 4. The molecule has 2 atom stereocenters. The van der Waals surface area contributed by atoms with E-state index in [9.17, 15) is 0 Å². The van der Waals surface area contributed by atoms with Gasteiger partial charge in [-0.3, -0.25) is 4.68 Å². The van der Waals surface area contributed by atoms with Crippen molar-refractivity contribution < 1.29 is 9.47 Å². The fourth-order valence-electron chi connectivity index (χ4n) is 2.88. The van der Waals surface area contributed by atoms with Crippen molar-refractivity contribution in [2.45, 2.75) is 31.7 Å². The Balaban J connectivity index is 1.60. The lowest BCUT2D eigenvalue weighted by atomic mass is 10.1. The predicted molar refractivity (Wildman–Crippen MR) is 83.5 cm³/mol. The molecule has 0 aromatic carbocycles. The minimum atomic E-state index is 0.0802. The average molecular weight is 304 g/mol. The van der Waals surface area contributed by atoms with E-state index in [1.54, 1.807) is 7.11 Å². The molecule has 3 heterocycles. The second kappa shape index (κ2) is 7.09. The van der Waals surface area contributed by atoms with Gasteiger partial charge in [0, 0.05) is 57.0 Å². The molecule has 6 nitrogen and oxygen atoms in total. The molecule has 0 unspecified atom stereocenters. The van der Waals surface area contributed by atoms with Crippen LogP contribution in [-0.2, 0) is 29.6 Å². The molecule has 0 aliphatic carbocycles. The first kappa shape index (κ1) is 15.3. The third-order valence-electron chi connectivity index (χ3n) is 4.19. The molecule has 120 valence electrons. The Morgan fingerprint density at radius 1 is 1.50 bits per heavy atom. The van der Waals surface area contributed by atoms with Crippen molar-refractivity contribution in [1.29, 1.82) is 0 Å². The monoisotopic (exact) mass is 304 g/mol. The number of ether oxygens (including phenoxy) is 2. The lowest BCUT2D eigenvalue weighted by Gasteiger charge is -2.19. The van der Waals surface area contributed by atoms with Crippen molar-refractivity contribution in [2.24, 2.45) is 7.05 Å². The van der Waals surface area contributed by atoms with Crippen molar-refractivity contribution in [3.63, 3.8) is 0 Å². The van der Waals surface area contributed by atoms with Crippen molar-refractivity contribution in [3.8, 4) is 0 Å². The molecular formula is C16H24N4O2. The van der Waals surface area contributed by atoms with Gasteiger partial charge in [-0.1, -0.05) is 0 Å². The molecule has 1 fully saturated rings. The average Bonchev–Trinajstić information content (AvgIpc) is 3.23. The van der Waals surface area contributed by atoms with Crippen molar-refractivity contribution in [2.75, 3.05) is 20.3 Å². The van der Waals surface area contributed by atoms with Crippen molar-refractivity contribution in [3.05, 3.63) is 42.0 Å². The lowest BCUT2D eigenvalue weighted by molar-refractivity contribution is 0.0982. The Morgan fingerprint density at radius 2 is 2.41 bits per heavy atom. The summed E-state index contributed by atoms with van der Waals surface area (Å²) in [4.78, 5) is 0. The predicted octanol–water partition coefficient (Wildman–Crippen LogP) is 1.49. The van der Waals surface area contributed by atoms with Crippen LogP contribution in [0.1, 0.15) is 23.8 Å².